The molecule has 0 saturated carbocycles. The van der Waals surface area contributed by atoms with Crippen molar-refractivity contribution >= 4 is 23.5 Å². The summed E-state index contributed by atoms with van der Waals surface area (Å²) in [6, 6.07) is 22.6. The van der Waals surface area contributed by atoms with Crippen molar-refractivity contribution in [2.75, 3.05) is 17.7 Å². The number of nitrogens with zero attached hydrogens (tertiary/aromatic N) is 3. The van der Waals surface area contributed by atoms with Crippen LogP contribution in [0.5, 0.6) is 5.75 Å². The molecule has 3 aromatic carbocycles. The molecule has 1 aromatic heterocycles. The number of nitrogens with one attached hydrogen (secondary N) is 2. The molecule has 1 aliphatic heterocycles. The van der Waals surface area contributed by atoms with E-state index in [0.717, 1.165) is 16.8 Å². The highest BCUT2D eigenvalue weighted by molar-refractivity contribution is 6.05. The number of hydrogen-bond acceptors (Lipinski definition) is 5. The summed E-state index contributed by atoms with van der Waals surface area (Å²) >= 11 is 0. The molecule has 0 fully saturated rings. The number of carbonyl (C=O) groups excluding carboxylic acids is 1. The fourth-order valence-corrected chi connectivity index (χ4v) is 3.73. The standard InChI is InChI=1S/C25H20FN5O2/c1-33-22-10-6-5-9-19(22)23(32)28-24-29-25-27-20(16-7-3-2-4-8-16)15-21(31(25)30-24)17-11-13-18(26)14-12-17/h2-15,21H,1H3,(H2,27,28,29,30,32)/t21-/m0/s1. The number of amides is 1. The van der Waals surface area contributed by atoms with Crippen LogP contribution in [0.1, 0.15) is 27.5 Å². The molecule has 0 bridgehead atoms. The number of fused-ring (bicyclic) bond motifs is 1. The Balaban J connectivity index is 1.51. The average Bonchev–Trinajstić information content (AvgIpc) is 3.26. The Morgan fingerprint density at radius 3 is 2.52 bits per heavy atom. The van der Waals surface area contributed by atoms with Crippen molar-refractivity contribution in [1.29, 1.82) is 0 Å². The average molecular weight is 441 g/mol. The summed E-state index contributed by atoms with van der Waals surface area (Å²) in [5, 5.41) is 10.5. The minimum Gasteiger partial charge on any atom is -0.496 e. The van der Waals surface area contributed by atoms with Crippen LogP contribution in [0.2, 0.25) is 0 Å². The Bertz CT molecular complexity index is 1330. The molecule has 2 heterocycles. The highest BCUT2D eigenvalue weighted by Crippen LogP contribution is 2.33. The van der Waals surface area contributed by atoms with E-state index in [1.807, 2.05) is 36.4 Å². The first-order valence-electron chi connectivity index (χ1n) is 10.3. The van der Waals surface area contributed by atoms with E-state index in [1.54, 1.807) is 41.1 Å². The molecule has 0 spiro atoms. The van der Waals surface area contributed by atoms with Crippen LogP contribution in [0.3, 0.4) is 0 Å². The molecule has 1 amide bonds. The fourth-order valence-electron chi connectivity index (χ4n) is 3.73. The van der Waals surface area contributed by atoms with Crippen LogP contribution < -0.4 is 15.4 Å². The predicted octanol–water partition coefficient (Wildman–Crippen LogP) is 4.73. The van der Waals surface area contributed by atoms with Gasteiger partial charge in [-0.2, -0.15) is 4.98 Å². The van der Waals surface area contributed by atoms with Gasteiger partial charge in [-0.25, -0.2) is 9.07 Å². The first-order valence-corrected chi connectivity index (χ1v) is 10.3. The smallest absolute Gasteiger partial charge is 0.261 e. The minimum absolute atomic E-state index is 0.142. The van der Waals surface area contributed by atoms with Gasteiger partial charge in [-0.15, -0.1) is 5.10 Å². The molecule has 0 radical (unpaired) electrons. The lowest BCUT2D eigenvalue weighted by molar-refractivity contribution is 0.102. The van der Waals surface area contributed by atoms with Crippen molar-refractivity contribution in [2.24, 2.45) is 0 Å². The summed E-state index contributed by atoms with van der Waals surface area (Å²) < 4.78 is 20.5. The normalized spacial score (nSPS) is 14.6. The number of aromatic nitrogens is 3. The molecular weight excluding hydrogens is 421 g/mol. The van der Waals surface area contributed by atoms with Gasteiger partial charge < -0.3 is 10.1 Å². The van der Waals surface area contributed by atoms with Gasteiger partial charge in [0.1, 0.15) is 17.6 Å². The Morgan fingerprint density at radius 2 is 1.76 bits per heavy atom. The number of carbonyl (C=O) groups is 1. The second-order valence-corrected chi connectivity index (χ2v) is 7.43. The number of allylic oxidation sites excluding steroid dienone is 1. The summed E-state index contributed by atoms with van der Waals surface area (Å²) in [4.78, 5) is 17.3. The highest BCUT2D eigenvalue weighted by atomic mass is 19.1. The Kier molecular flexibility index (Phi) is 5.32. The maximum absolute atomic E-state index is 13.5. The summed E-state index contributed by atoms with van der Waals surface area (Å²) in [6.45, 7) is 0. The highest BCUT2D eigenvalue weighted by Gasteiger charge is 2.26. The van der Waals surface area contributed by atoms with Crippen LogP contribution in [0, 0.1) is 5.82 Å². The van der Waals surface area contributed by atoms with Crippen molar-refractivity contribution < 1.29 is 13.9 Å². The maximum Gasteiger partial charge on any atom is 0.261 e. The molecule has 4 aromatic rings. The van der Waals surface area contributed by atoms with E-state index in [4.69, 9.17) is 4.74 Å². The van der Waals surface area contributed by atoms with Crippen LogP contribution >= 0.6 is 0 Å². The molecule has 5 rings (SSSR count). The Labute approximate surface area is 189 Å². The molecule has 0 saturated heterocycles. The topological polar surface area (TPSA) is 81.1 Å². The van der Waals surface area contributed by atoms with Gasteiger partial charge in [-0.3, -0.25) is 10.1 Å². The number of hydrogen-bond donors (Lipinski definition) is 2. The summed E-state index contributed by atoms with van der Waals surface area (Å²) in [6.07, 6.45) is 2.00. The van der Waals surface area contributed by atoms with Crippen LogP contribution in [0.15, 0.2) is 84.9 Å². The largest absolute Gasteiger partial charge is 0.496 e. The fraction of sp³-hybridized carbons (Fsp3) is 0.0800. The van der Waals surface area contributed by atoms with Gasteiger partial charge in [0.15, 0.2) is 0 Å². The van der Waals surface area contributed by atoms with E-state index >= 15 is 0 Å². The lowest BCUT2D eigenvalue weighted by Gasteiger charge is -2.24. The molecule has 8 heteroatoms. The summed E-state index contributed by atoms with van der Waals surface area (Å²) in [7, 11) is 1.51. The van der Waals surface area contributed by atoms with E-state index in [9.17, 15) is 9.18 Å². The SMILES string of the molecule is COc1ccccc1C(=O)Nc1nc2n(n1)[C@H](c1ccc(F)cc1)C=C(c1ccccc1)N2. The second-order valence-electron chi connectivity index (χ2n) is 7.43. The third-order valence-electron chi connectivity index (χ3n) is 5.34. The van der Waals surface area contributed by atoms with E-state index in [0.29, 0.717) is 17.3 Å². The van der Waals surface area contributed by atoms with E-state index in [1.165, 1.54) is 19.2 Å². The zero-order valence-electron chi connectivity index (χ0n) is 17.7. The van der Waals surface area contributed by atoms with Crippen LogP contribution in [0.25, 0.3) is 5.70 Å². The van der Waals surface area contributed by atoms with Crippen molar-refractivity contribution in [3.8, 4) is 5.75 Å². The predicted molar refractivity (Wildman–Crippen MR) is 124 cm³/mol. The Hall–Kier alpha value is -4.46. The second kappa shape index (κ2) is 8.58. The van der Waals surface area contributed by atoms with Gasteiger partial charge in [0, 0.05) is 5.70 Å². The van der Waals surface area contributed by atoms with Crippen molar-refractivity contribution in [1.82, 2.24) is 14.8 Å². The molecule has 0 unspecified atom stereocenters. The number of methoxy groups -OCH3 is 1. The van der Waals surface area contributed by atoms with Gasteiger partial charge in [0.05, 0.1) is 12.7 Å². The maximum atomic E-state index is 13.5. The minimum atomic E-state index is -0.384. The van der Waals surface area contributed by atoms with E-state index in [2.05, 4.69) is 20.7 Å². The zero-order chi connectivity index (χ0) is 22.8. The molecule has 1 atom stereocenters. The van der Waals surface area contributed by atoms with E-state index < -0.39 is 0 Å². The Morgan fingerprint density at radius 1 is 1.03 bits per heavy atom. The van der Waals surface area contributed by atoms with Crippen molar-refractivity contribution in [3.63, 3.8) is 0 Å². The number of rotatable bonds is 5. The molecule has 1 aliphatic rings. The van der Waals surface area contributed by atoms with Gasteiger partial charge in [0.2, 0.25) is 5.95 Å². The lowest BCUT2D eigenvalue weighted by atomic mass is 10.0. The van der Waals surface area contributed by atoms with E-state index in [-0.39, 0.29) is 23.7 Å². The first kappa shape index (κ1) is 20.4. The number of benzene rings is 3. The monoisotopic (exact) mass is 441 g/mol. The number of halogens is 1. The summed E-state index contributed by atoms with van der Waals surface area (Å²) in [5.74, 6) is 0.354. The lowest BCUT2D eigenvalue weighted by Crippen LogP contribution is -2.20. The van der Waals surface area contributed by atoms with Gasteiger partial charge in [-0.1, -0.05) is 54.6 Å². The number of para-hydroxylation sites is 1. The molecule has 164 valence electrons. The molecule has 0 aliphatic carbocycles. The van der Waals surface area contributed by atoms with Crippen LogP contribution in [-0.4, -0.2) is 27.8 Å². The summed E-state index contributed by atoms with van der Waals surface area (Å²) in [5.41, 5.74) is 3.02. The third kappa shape index (κ3) is 4.06. The number of ether oxygens (including phenoxy) is 1. The molecular formula is C25H20FN5O2. The van der Waals surface area contributed by atoms with Crippen molar-refractivity contribution in [2.45, 2.75) is 6.04 Å². The molecule has 2 N–H and O–H groups in total. The van der Waals surface area contributed by atoms with Gasteiger partial charge in [-0.05, 0) is 41.5 Å². The molecule has 7 nitrogen and oxygen atoms in total. The van der Waals surface area contributed by atoms with Gasteiger partial charge >= 0.3 is 0 Å². The van der Waals surface area contributed by atoms with Crippen molar-refractivity contribution in [3.05, 3.63) is 107 Å². The number of anilines is 2. The van der Waals surface area contributed by atoms with Crippen LogP contribution in [0.4, 0.5) is 16.3 Å². The van der Waals surface area contributed by atoms with Gasteiger partial charge in [0.25, 0.3) is 11.9 Å². The first-order chi connectivity index (χ1) is 16.1. The zero-order valence-corrected chi connectivity index (χ0v) is 17.7. The third-order valence-corrected chi connectivity index (χ3v) is 5.34. The van der Waals surface area contributed by atoms with Crippen LogP contribution in [-0.2, 0) is 0 Å². The quantitative estimate of drug-likeness (QED) is 0.468. The molecule has 33 heavy (non-hydrogen) atoms.